The number of primary amides is 1. The fourth-order valence-electron chi connectivity index (χ4n) is 12.2. The lowest BCUT2D eigenvalue weighted by molar-refractivity contribution is -0.251. The van der Waals surface area contributed by atoms with Crippen LogP contribution in [0.25, 0.3) is 0 Å². The van der Waals surface area contributed by atoms with Crippen molar-refractivity contribution in [1.82, 2.24) is 39.8 Å². The second-order valence-corrected chi connectivity index (χ2v) is 24.5. The molecule has 7 amide bonds. The number of nitrogens with zero attached hydrogens (tertiary/aromatic N) is 7. The summed E-state index contributed by atoms with van der Waals surface area (Å²) in [4.78, 5) is 113. The molecule has 1 aliphatic rings. The molecule has 88 heavy (non-hydrogen) atoms. The summed E-state index contributed by atoms with van der Waals surface area (Å²) >= 11 is 0. The molecule has 0 radical (unpaired) electrons. The molecule has 6 atom stereocenters. The molecular formula is C71H89N9O8. The molecule has 1 fully saturated rings. The molecule has 17 nitrogen and oxygen atoms in total. The first-order chi connectivity index (χ1) is 41.9. The molecule has 0 unspecified atom stereocenters. The van der Waals surface area contributed by atoms with E-state index in [0.717, 1.165) is 22.3 Å². The van der Waals surface area contributed by atoms with Gasteiger partial charge in [-0.05, 0) is 115 Å². The van der Waals surface area contributed by atoms with Crippen molar-refractivity contribution in [3.05, 3.63) is 215 Å². The topological polar surface area (TPSA) is 200 Å². The molecule has 4 N–H and O–H groups in total. The molecule has 0 saturated carbocycles. The van der Waals surface area contributed by atoms with Crippen molar-refractivity contribution in [2.75, 3.05) is 45.8 Å². The van der Waals surface area contributed by atoms with Gasteiger partial charge in [0, 0.05) is 23.2 Å². The van der Waals surface area contributed by atoms with Crippen LogP contribution in [0.2, 0.25) is 0 Å². The highest BCUT2D eigenvalue weighted by molar-refractivity contribution is 5.93. The minimum Gasteiger partial charge on any atom is -0.368 e. The summed E-state index contributed by atoms with van der Waals surface area (Å²) < 4.78 is 0. The molecule has 1 aliphatic heterocycles. The zero-order chi connectivity index (χ0) is 63.9. The van der Waals surface area contributed by atoms with Crippen molar-refractivity contribution >= 4 is 41.4 Å². The average Bonchev–Trinajstić information content (AvgIpc) is 2.35. The third kappa shape index (κ3) is 17.2. The minimum absolute atomic E-state index is 0.0838. The Labute approximate surface area is 520 Å². The van der Waals surface area contributed by atoms with Crippen molar-refractivity contribution in [3.8, 4) is 0 Å². The fourth-order valence-corrected chi connectivity index (χ4v) is 12.2. The quantitative estimate of drug-likeness (QED) is 0.0446. The molecular weight excluding hydrogens is 1110 g/mol. The van der Waals surface area contributed by atoms with Crippen molar-refractivity contribution in [1.29, 1.82) is 0 Å². The van der Waals surface area contributed by atoms with E-state index in [9.17, 15) is 19.6 Å². The van der Waals surface area contributed by atoms with Crippen molar-refractivity contribution in [2.45, 2.75) is 135 Å². The van der Waals surface area contributed by atoms with Gasteiger partial charge in [0.15, 0.2) is 0 Å². The largest absolute Gasteiger partial charge is 0.368 e. The van der Waals surface area contributed by atoms with Crippen LogP contribution >= 0.6 is 0 Å². The van der Waals surface area contributed by atoms with Crippen LogP contribution in [0.15, 0.2) is 182 Å². The number of carbonyl (C=O) groups is 7. The minimum atomic E-state index is -0.907. The Bertz CT molecular complexity index is 3250. The van der Waals surface area contributed by atoms with E-state index in [4.69, 9.17) is 5.73 Å². The van der Waals surface area contributed by atoms with Gasteiger partial charge in [0.2, 0.25) is 41.4 Å². The standard InChI is InChI=1S/C71H89N9O8/c1-50(56-29-17-11-18-30-56)73-43-64(82)75(52(3)58-33-21-13-22-34-58)45-66(84)78(55(6)61-39-27-16-28-40-61)48-69(87)79(62-41-70(7,8)80(88)71(9,10)42-62)49-68(86)77(54(5)60-37-25-15-26-38-60)47-67(85)76(53(4)59-35-23-14-24-36-59)46-65(83)74(44-63(72)81)51(2)57-31-19-12-20-32-57/h11-40,50-55,62,73,88H,41-49H2,1-10H3,(H2,72,81)/t50-,51-,52-,53-,54-,55-/m0/s1. The van der Waals surface area contributed by atoms with Crippen LogP contribution in [0, 0.1) is 0 Å². The zero-order valence-electron chi connectivity index (χ0n) is 52.7. The lowest BCUT2D eigenvalue weighted by Crippen LogP contribution is -2.65. The number of benzene rings is 6. The van der Waals surface area contributed by atoms with E-state index in [1.165, 1.54) is 34.5 Å². The number of nitrogens with one attached hydrogen (secondary N) is 1. The first kappa shape index (κ1) is 67.0. The zero-order valence-corrected chi connectivity index (χ0v) is 52.7. The molecule has 0 aliphatic carbocycles. The highest BCUT2D eigenvalue weighted by atomic mass is 16.5. The van der Waals surface area contributed by atoms with E-state index in [1.807, 2.05) is 230 Å². The molecule has 0 bridgehead atoms. The number of hydrogen-bond acceptors (Lipinski definition) is 10. The van der Waals surface area contributed by atoms with E-state index in [0.29, 0.717) is 11.1 Å². The van der Waals surface area contributed by atoms with E-state index in [-0.39, 0.29) is 37.9 Å². The Morgan fingerprint density at radius 1 is 0.409 bits per heavy atom. The van der Waals surface area contributed by atoms with Gasteiger partial charge in [0.25, 0.3) is 0 Å². The highest BCUT2D eigenvalue weighted by Gasteiger charge is 2.48. The Hall–Kier alpha value is -8.51. The molecule has 1 saturated heterocycles. The van der Waals surface area contributed by atoms with Gasteiger partial charge in [-0.15, -0.1) is 0 Å². The van der Waals surface area contributed by atoms with E-state index in [1.54, 1.807) is 20.8 Å². The van der Waals surface area contributed by atoms with Crippen molar-refractivity contribution in [2.24, 2.45) is 5.73 Å². The van der Waals surface area contributed by atoms with Crippen LogP contribution in [-0.4, -0.2) is 144 Å². The maximum absolute atomic E-state index is 15.9. The number of piperidine rings is 1. The lowest BCUT2D eigenvalue weighted by Gasteiger charge is -2.53. The van der Waals surface area contributed by atoms with Gasteiger partial charge in [-0.1, -0.05) is 182 Å². The van der Waals surface area contributed by atoms with Crippen LogP contribution in [0.4, 0.5) is 0 Å². The Morgan fingerprint density at radius 2 is 0.659 bits per heavy atom. The summed E-state index contributed by atoms with van der Waals surface area (Å²) in [5.41, 5.74) is 8.65. The van der Waals surface area contributed by atoms with Gasteiger partial charge < -0.3 is 45.7 Å². The maximum atomic E-state index is 15.9. The summed E-state index contributed by atoms with van der Waals surface area (Å²) in [5.74, 6) is -3.85. The highest BCUT2D eigenvalue weighted by Crippen LogP contribution is 2.40. The normalized spacial score (nSPS) is 15.9. The number of carbonyl (C=O) groups excluding carboxylic acids is 7. The van der Waals surface area contributed by atoms with Gasteiger partial charge >= 0.3 is 0 Å². The average molecular weight is 1200 g/mol. The van der Waals surface area contributed by atoms with Crippen LogP contribution in [-0.2, 0) is 33.6 Å². The van der Waals surface area contributed by atoms with Gasteiger partial charge in [0.05, 0.1) is 43.3 Å². The smallest absolute Gasteiger partial charge is 0.243 e. The molecule has 1 heterocycles. The predicted molar refractivity (Wildman–Crippen MR) is 341 cm³/mol. The molecule has 7 rings (SSSR count). The van der Waals surface area contributed by atoms with Crippen LogP contribution < -0.4 is 11.1 Å². The first-order valence-electron chi connectivity index (χ1n) is 30.5. The number of hydrogen-bond donors (Lipinski definition) is 3. The number of hydroxylamine groups is 2. The van der Waals surface area contributed by atoms with E-state index >= 15 is 19.2 Å². The third-order valence-electron chi connectivity index (χ3n) is 17.4. The summed E-state index contributed by atoms with van der Waals surface area (Å²) in [6.45, 7) is 15.6. The Kier molecular flexibility index (Phi) is 23.2. The molecule has 466 valence electrons. The summed E-state index contributed by atoms with van der Waals surface area (Å²) in [6, 6.07) is 51.9. The molecule has 0 aromatic heterocycles. The predicted octanol–water partition coefficient (Wildman–Crippen LogP) is 10.0. The van der Waals surface area contributed by atoms with Gasteiger partial charge in [-0.2, -0.15) is 5.06 Å². The van der Waals surface area contributed by atoms with Gasteiger partial charge in [-0.3, -0.25) is 33.6 Å². The molecule has 6 aromatic rings. The lowest BCUT2D eigenvalue weighted by atomic mass is 9.78. The summed E-state index contributed by atoms with van der Waals surface area (Å²) in [6.07, 6.45) is 0.445. The first-order valence-corrected chi connectivity index (χ1v) is 30.5. The second kappa shape index (κ2) is 30.4. The van der Waals surface area contributed by atoms with Crippen LogP contribution in [0.1, 0.15) is 152 Å². The monoisotopic (exact) mass is 1200 g/mol. The number of rotatable bonds is 27. The second-order valence-electron chi connectivity index (χ2n) is 24.5. The Balaban J connectivity index is 1.27. The number of amides is 7. The van der Waals surface area contributed by atoms with E-state index < -0.39 is 115 Å². The van der Waals surface area contributed by atoms with Crippen LogP contribution in [0.3, 0.4) is 0 Å². The molecule has 6 aromatic carbocycles. The third-order valence-corrected chi connectivity index (χ3v) is 17.4. The van der Waals surface area contributed by atoms with E-state index in [2.05, 4.69) is 5.32 Å². The maximum Gasteiger partial charge on any atom is 0.243 e. The SMILES string of the molecule is C[C@H](NCC(=O)N(CC(=O)N(CC(=O)N(CC(=O)N(CC(=O)N(CC(=O)N(CC(N)=O)[C@@H](C)c1ccccc1)[C@@H](C)c1ccccc1)[C@@H](C)c1ccccc1)C1CC(C)(C)N(O)C(C)(C)C1)[C@@H](C)c1ccccc1)[C@@H](C)c1ccccc1)c1ccccc1. The summed E-state index contributed by atoms with van der Waals surface area (Å²) in [7, 11) is 0. The van der Waals surface area contributed by atoms with Crippen molar-refractivity contribution < 1.29 is 38.8 Å². The molecule has 0 spiro atoms. The van der Waals surface area contributed by atoms with Crippen LogP contribution in [0.5, 0.6) is 0 Å². The summed E-state index contributed by atoms with van der Waals surface area (Å²) in [5, 5.41) is 16.3. The Morgan fingerprint density at radius 3 is 0.955 bits per heavy atom. The van der Waals surface area contributed by atoms with Gasteiger partial charge in [-0.25, -0.2) is 0 Å². The van der Waals surface area contributed by atoms with Gasteiger partial charge in [0.1, 0.15) is 32.7 Å². The molecule has 17 heteroatoms. The van der Waals surface area contributed by atoms with Crippen molar-refractivity contribution in [3.63, 3.8) is 0 Å². The number of nitrogens with two attached hydrogens (primary N) is 1. The fraction of sp³-hybridized carbons (Fsp3) is 0.394.